The lowest BCUT2D eigenvalue weighted by Crippen LogP contribution is -2.22. The standard InChI is InChI=1S/C21H23NOS3/c1-3-22(4-2)14-17-13-16(10-11-19(17)23)20-18(21(24)26-25-20)12-15-8-6-5-7-9-15/h5-11,13,23H,3-4,12,14H2,1-2H3. The van der Waals surface area contributed by atoms with Gasteiger partial charge in [-0.25, -0.2) is 0 Å². The minimum Gasteiger partial charge on any atom is -0.508 e. The lowest BCUT2D eigenvalue weighted by molar-refractivity contribution is 0.291. The summed E-state index contributed by atoms with van der Waals surface area (Å²) in [4.78, 5) is 3.53. The SMILES string of the molecule is CCN(CC)Cc1cc(-c2ssc(=S)c2Cc2ccccc2)ccc1O. The summed E-state index contributed by atoms with van der Waals surface area (Å²) in [5.74, 6) is 0.365. The summed E-state index contributed by atoms with van der Waals surface area (Å²) in [6, 6.07) is 16.4. The van der Waals surface area contributed by atoms with Crippen molar-refractivity contribution in [1.82, 2.24) is 4.90 Å². The number of phenolic OH excluding ortho intramolecular Hbond substituents is 1. The normalized spacial score (nSPS) is 11.2. The van der Waals surface area contributed by atoms with Crippen LogP contribution >= 0.6 is 32.9 Å². The van der Waals surface area contributed by atoms with Crippen LogP contribution in [0.1, 0.15) is 30.5 Å². The first-order valence-corrected chi connectivity index (χ1v) is 11.4. The Kier molecular flexibility index (Phi) is 6.59. The van der Waals surface area contributed by atoms with E-state index in [9.17, 15) is 5.11 Å². The molecule has 1 N–H and O–H groups in total. The molecule has 1 aromatic heterocycles. The largest absolute Gasteiger partial charge is 0.508 e. The highest BCUT2D eigenvalue weighted by atomic mass is 32.9. The van der Waals surface area contributed by atoms with Gasteiger partial charge in [-0.05, 0) is 42.4 Å². The maximum atomic E-state index is 10.3. The van der Waals surface area contributed by atoms with Crippen molar-refractivity contribution in [1.29, 1.82) is 0 Å². The molecule has 0 fully saturated rings. The Hall–Kier alpha value is -1.53. The van der Waals surface area contributed by atoms with Crippen LogP contribution in [0.5, 0.6) is 5.75 Å². The summed E-state index contributed by atoms with van der Waals surface area (Å²) in [6.45, 7) is 6.99. The van der Waals surface area contributed by atoms with E-state index in [4.69, 9.17) is 12.2 Å². The molecule has 0 spiro atoms. The van der Waals surface area contributed by atoms with Crippen molar-refractivity contribution in [2.75, 3.05) is 13.1 Å². The van der Waals surface area contributed by atoms with Gasteiger partial charge in [0.1, 0.15) is 9.57 Å². The van der Waals surface area contributed by atoms with E-state index in [-0.39, 0.29) is 0 Å². The molecule has 0 radical (unpaired) electrons. The van der Waals surface area contributed by atoms with Crippen LogP contribution in [-0.4, -0.2) is 23.1 Å². The number of phenols is 1. The predicted octanol–water partition coefficient (Wildman–Crippen LogP) is 6.34. The van der Waals surface area contributed by atoms with Crippen LogP contribution in [0, 0.1) is 3.82 Å². The molecule has 0 aliphatic heterocycles. The second-order valence-corrected chi connectivity index (χ2v) is 9.05. The molecule has 1 heterocycles. The molecule has 136 valence electrons. The van der Waals surface area contributed by atoms with E-state index in [0.717, 1.165) is 41.0 Å². The molecule has 0 unspecified atom stereocenters. The lowest BCUT2D eigenvalue weighted by Gasteiger charge is -2.19. The number of nitrogens with zero attached hydrogens (tertiary/aromatic N) is 1. The highest BCUT2D eigenvalue weighted by Crippen LogP contribution is 2.37. The van der Waals surface area contributed by atoms with Gasteiger partial charge in [-0.2, -0.15) is 0 Å². The van der Waals surface area contributed by atoms with Gasteiger partial charge in [-0.15, -0.1) is 0 Å². The number of hydrogen-bond acceptors (Lipinski definition) is 5. The van der Waals surface area contributed by atoms with Crippen LogP contribution in [0.3, 0.4) is 0 Å². The monoisotopic (exact) mass is 401 g/mol. The summed E-state index contributed by atoms with van der Waals surface area (Å²) >= 11 is 5.61. The number of rotatable bonds is 7. The Morgan fingerprint density at radius 2 is 1.73 bits per heavy atom. The van der Waals surface area contributed by atoms with Crippen LogP contribution in [-0.2, 0) is 13.0 Å². The van der Waals surface area contributed by atoms with Crippen molar-refractivity contribution in [3.05, 3.63) is 69.0 Å². The fourth-order valence-electron chi connectivity index (χ4n) is 2.99. The maximum Gasteiger partial charge on any atom is 0.120 e. The fourth-order valence-corrected chi connectivity index (χ4v) is 5.90. The van der Waals surface area contributed by atoms with Gasteiger partial charge in [0.15, 0.2) is 0 Å². The highest BCUT2D eigenvalue weighted by molar-refractivity contribution is 7.80. The summed E-state index contributed by atoms with van der Waals surface area (Å²) in [6.07, 6.45) is 0.848. The molecule has 3 aromatic rings. The van der Waals surface area contributed by atoms with Crippen molar-refractivity contribution >= 4 is 32.9 Å². The van der Waals surface area contributed by atoms with Crippen molar-refractivity contribution in [2.24, 2.45) is 0 Å². The molecular weight excluding hydrogens is 378 g/mol. The van der Waals surface area contributed by atoms with Gasteiger partial charge in [-0.3, -0.25) is 4.90 Å². The van der Waals surface area contributed by atoms with E-state index >= 15 is 0 Å². The molecule has 2 aromatic carbocycles. The van der Waals surface area contributed by atoms with Gasteiger partial charge >= 0.3 is 0 Å². The lowest BCUT2D eigenvalue weighted by atomic mass is 10.0. The van der Waals surface area contributed by atoms with Crippen molar-refractivity contribution in [3.63, 3.8) is 0 Å². The smallest absolute Gasteiger partial charge is 0.120 e. The Morgan fingerprint density at radius 1 is 1.00 bits per heavy atom. The third-order valence-corrected chi connectivity index (χ3v) is 7.77. The molecule has 0 atom stereocenters. The number of aromatic hydroxyl groups is 1. The molecular formula is C21H23NOS3. The fraction of sp³-hybridized carbons (Fsp3) is 0.286. The van der Waals surface area contributed by atoms with E-state index in [1.165, 1.54) is 16.0 Å². The third kappa shape index (κ3) is 4.41. The summed E-state index contributed by atoms with van der Waals surface area (Å²) < 4.78 is 0.965. The molecule has 5 heteroatoms. The zero-order valence-corrected chi connectivity index (χ0v) is 17.5. The molecule has 0 aliphatic rings. The van der Waals surface area contributed by atoms with Gasteiger partial charge < -0.3 is 5.11 Å². The molecule has 0 bridgehead atoms. The molecule has 3 rings (SSSR count). The molecule has 0 aliphatic carbocycles. The summed E-state index contributed by atoms with van der Waals surface area (Å²) in [7, 11) is 3.40. The van der Waals surface area contributed by atoms with Gasteiger partial charge in [0.2, 0.25) is 0 Å². The van der Waals surface area contributed by atoms with Gasteiger partial charge in [-0.1, -0.05) is 77.1 Å². The summed E-state index contributed by atoms with van der Waals surface area (Å²) in [5, 5.41) is 10.3. The first kappa shape index (κ1) is 19.2. The van der Waals surface area contributed by atoms with Crippen LogP contribution in [0.2, 0.25) is 0 Å². The second-order valence-electron chi connectivity index (χ2n) is 6.23. The van der Waals surface area contributed by atoms with Crippen molar-refractivity contribution < 1.29 is 5.11 Å². The average molecular weight is 402 g/mol. The zero-order valence-electron chi connectivity index (χ0n) is 15.1. The quantitative estimate of drug-likeness (QED) is 0.369. The molecule has 0 amide bonds. The van der Waals surface area contributed by atoms with Gasteiger partial charge in [0.25, 0.3) is 0 Å². The van der Waals surface area contributed by atoms with E-state index in [1.54, 1.807) is 20.7 Å². The van der Waals surface area contributed by atoms with Crippen LogP contribution < -0.4 is 0 Å². The zero-order chi connectivity index (χ0) is 18.5. The van der Waals surface area contributed by atoms with E-state index < -0.39 is 0 Å². The molecule has 0 saturated heterocycles. The first-order chi connectivity index (χ1) is 12.6. The second kappa shape index (κ2) is 8.91. The number of benzene rings is 2. The Labute approximate surface area is 167 Å². The minimum absolute atomic E-state index is 0.365. The topological polar surface area (TPSA) is 23.5 Å². The van der Waals surface area contributed by atoms with Crippen LogP contribution in [0.25, 0.3) is 10.4 Å². The van der Waals surface area contributed by atoms with Crippen molar-refractivity contribution in [2.45, 2.75) is 26.8 Å². The van der Waals surface area contributed by atoms with E-state index in [0.29, 0.717) is 5.75 Å². The Morgan fingerprint density at radius 3 is 2.42 bits per heavy atom. The number of hydrogen-bond donors (Lipinski definition) is 1. The summed E-state index contributed by atoms with van der Waals surface area (Å²) in [5.41, 5.74) is 4.61. The first-order valence-electron chi connectivity index (χ1n) is 8.82. The third-order valence-electron chi connectivity index (χ3n) is 4.57. The maximum absolute atomic E-state index is 10.3. The van der Waals surface area contributed by atoms with Crippen LogP contribution in [0.4, 0.5) is 0 Å². The van der Waals surface area contributed by atoms with Gasteiger partial charge in [0, 0.05) is 24.1 Å². The average Bonchev–Trinajstić information content (AvgIpc) is 3.02. The molecule has 2 nitrogen and oxygen atoms in total. The highest BCUT2D eigenvalue weighted by Gasteiger charge is 2.14. The van der Waals surface area contributed by atoms with Gasteiger partial charge in [0.05, 0.1) is 4.88 Å². The van der Waals surface area contributed by atoms with E-state index in [1.807, 2.05) is 18.2 Å². The van der Waals surface area contributed by atoms with E-state index in [2.05, 4.69) is 49.1 Å². The molecule has 26 heavy (non-hydrogen) atoms. The van der Waals surface area contributed by atoms with Crippen LogP contribution in [0.15, 0.2) is 48.5 Å². The Bertz CT molecular complexity index is 911. The Balaban J connectivity index is 1.96. The predicted molar refractivity (Wildman–Crippen MR) is 116 cm³/mol. The van der Waals surface area contributed by atoms with Crippen molar-refractivity contribution in [3.8, 4) is 16.2 Å². The molecule has 0 saturated carbocycles. The minimum atomic E-state index is 0.365.